The summed E-state index contributed by atoms with van der Waals surface area (Å²) in [6, 6.07) is 0. The lowest BCUT2D eigenvalue weighted by Gasteiger charge is -2.43. The minimum absolute atomic E-state index is 0.00411. The zero-order chi connectivity index (χ0) is 20.3. The molecule has 1 aliphatic heterocycles. The maximum atomic E-state index is 10.7. The zero-order valence-corrected chi connectivity index (χ0v) is 16.7. The Kier molecular flexibility index (Phi) is 6.49. The van der Waals surface area contributed by atoms with Crippen LogP contribution in [0.15, 0.2) is 33.0 Å². The molecule has 0 aromatic carbocycles. The van der Waals surface area contributed by atoms with Gasteiger partial charge in [-0.05, 0) is 31.1 Å². The largest absolute Gasteiger partial charge is 0.449 e. The number of rotatable bonds is 6. The van der Waals surface area contributed by atoms with Crippen molar-refractivity contribution in [3.05, 3.63) is 47.3 Å². The van der Waals surface area contributed by atoms with E-state index in [9.17, 15) is 5.11 Å². The molecular weight excluding hydrogens is 360 g/mol. The van der Waals surface area contributed by atoms with E-state index in [1.54, 1.807) is 19.3 Å². The van der Waals surface area contributed by atoms with Crippen molar-refractivity contribution in [2.45, 2.75) is 59.0 Å². The first-order valence-corrected chi connectivity index (χ1v) is 9.54. The fourth-order valence-electron chi connectivity index (χ4n) is 3.64. The molecule has 0 radical (unpaired) electrons. The molecular formula is C21H28N2O5. The highest BCUT2D eigenvalue weighted by molar-refractivity contribution is 5.48. The number of aliphatic hydroxyl groups excluding tert-OH is 2. The minimum Gasteiger partial charge on any atom is -0.449 e. The van der Waals surface area contributed by atoms with Crippen LogP contribution in [-0.2, 0) is 11.3 Å². The van der Waals surface area contributed by atoms with Crippen LogP contribution in [0.25, 0.3) is 12.2 Å². The molecule has 1 aliphatic rings. The van der Waals surface area contributed by atoms with E-state index in [1.165, 1.54) is 6.26 Å². The Bertz CT molecular complexity index is 837. The first-order valence-electron chi connectivity index (χ1n) is 9.54. The predicted octanol–water partition coefficient (Wildman–Crippen LogP) is 3.37. The van der Waals surface area contributed by atoms with Gasteiger partial charge in [-0.15, -0.1) is 0 Å². The SMILES string of the molecule is C/C(=C\c1coc(C)n1)[C@@H]1O[C@H](C/C=C/c2nc(CO)co2)[C@H](C)[C@H](O)[C@H]1C. The van der Waals surface area contributed by atoms with Crippen molar-refractivity contribution in [2.75, 3.05) is 0 Å². The molecule has 28 heavy (non-hydrogen) atoms. The van der Waals surface area contributed by atoms with Gasteiger partial charge in [0.25, 0.3) is 0 Å². The summed E-state index contributed by atoms with van der Waals surface area (Å²) in [5, 5.41) is 19.8. The van der Waals surface area contributed by atoms with Crippen molar-refractivity contribution in [3.8, 4) is 0 Å². The molecule has 1 saturated heterocycles. The summed E-state index contributed by atoms with van der Waals surface area (Å²) in [5.41, 5.74) is 2.25. The van der Waals surface area contributed by atoms with Crippen molar-refractivity contribution >= 4 is 12.2 Å². The molecule has 2 aromatic rings. The number of nitrogens with zero attached hydrogens (tertiary/aromatic N) is 2. The molecule has 3 heterocycles. The van der Waals surface area contributed by atoms with E-state index in [0.29, 0.717) is 23.9 Å². The highest BCUT2D eigenvalue weighted by Gasteiger charge is 2.40. The van der Waals surface area contributed by atoms with Gasteiger partial charge in [0.15, 0.2) is 5.89 Å². The van der Waals surface area contributed by atoms with Crippen LogP contribution >= 0.6 is 0 Å². The van der Waals surface area contributed by atoms with Crippen LogP contribution < -0.4 is 0 Å². The molecule has 0 spiro atoms. The maximum absolute atomic E-state index is 10.7. The Morgan fingerprint density at radius 2 is 1.96 bits per heavy atom. The van der Waals surface area contributed by atoms with Crippen LogP contribution in [0.5, 0.6) is 0 Å². The second-order valence-corrected chi connectivity index (χ2v) is 7.46. The van der Waals surface area contributed by atoms with Crippen molar-refractivity contribution in [1.82, 2.24) is 9.97 Å². The third-order valence-corrected chi connectivity index (χ3v) is 5.28. The molecule has 7 nitrogen and oxygen atoms in total. The Morgan fingerprint density at radius 3 is 2.61 bits per heavy atom. The van der Waals surface area contributed by atoms with Crippen molar-refractivity contribution < 1.29 is 23.8 Å². The first-order chi connectivity index (χ1) is 13.4. The zero-order valence-electron chi connectivity index (χ0n) is 16.7. The number of ether oxygens (including phenoxy) is 1. The topological polar surface area (TPSA) is 102 Å². The van der Waals surface area contributed by atoms with Crippen LogP contribution in [0.3, 0.4) is 0 Å². The highest BCUT2D eigenvalue weighted by atomic mass is 16.5. The summed E-state index contributed by atoms with van der Waals surface area (Å²) in [4.78, 5) is 8.44. The van der Waals surface area contributed by atoms with Gasteiger partial charge in [0.2, 0.25) is 5.89 Å². The Labute approximate surface area is 164 Å². The minimum atomic E-state index is -0.470. The van der Waals surface area contributed by atoms with E-state index in [0.717, 1.165) is 11.3 Å². The van der Waals surface area contributed by atoms with E-state index < -0.39 is 6.10 Å². The lowest BCUT2D eigenvalue weighted by Crippen LogP contribution is -2.49. The number of aromatic nitrogens is 2. The van der Waals surface area contributed by atoms with E-state index in [-0.39, 0.29) is 30.7 Å². The van der Waals surface area contributed by atoms with E-state index in [1.807, 2.05) is 32.9 Å². The second-order valence-electron chi connectivity index (χ2n) is 7.46. The van der Waals surface area contributed by atoms with Crippen LogP contribution in [0.1, 0.15) is 50.4 Å². The number of oxazole rings is 2. The van der Waals surface area contributed by atoms with Crippen LogP contribution in [0.4, 0.5) is 0 Å². The molecule has 152 valence electrons. The molecule has 0 saturated carbocycles. The molecule has 5 atom stereocenters. The van der Waals surface area contributed by atoms with Gasteiger partial charge in [-0.2, -0.15) is 0 Å². The fraction of sp³-hybridized carbons (Fsp3) is 0.524. The summed E-state index contributed by atoms with van der Waals surface area (Å²) in [6.07, 6.45) is 8.48. The molecule has 0 unspecified atom stereocenters. The number of hydrogen-bond acceptors (Lipinski definition) is 7. The van der Waals surface area contributed by atoms with Gasteiger partial charge in [-0.3, -0.25) is 0 Å². The lowest BCUT2D eigenvalue weighted by molar-refractivity contribution is -0.148. The van der Waals surface area contributed by atoms with Gasteiger partial charge >= 0.3 is 0 Å². The molecule has 3 rings (SSSR count). The average Bonchev–Trinajstić information content (AvgIpc) is 3.30. The van der Waals surface area contributed by atoms with Gasteiger partial charge < -0.3 is 23.8 Å². The smallest absolute Gasteiger partial charge is 0.218 e. The van der Waals surface area contributed by atoms with E-state index in [2.05, 4.69) is 9.97 Å². The summed E-state index contributed by atoms with van der Waals surface area (Å²) in [7, 11) is 0. The monoisotopic (exact) mass is 388 g/mol. The van der Waals surface area contributed by atoms with E-state index >= 15 is 0 Å². The van der Waals surface area contributed by atoms with Gasteiger partial charge in [-0.1, -0.05) is 19.9 Å². The van der Waals surface area contributed by atoms with Gasteiger partial charge in [-0.25, -0.2) is 9.97 Å². The number of aliphatic hydroxyl groups is 2. The van der Waals surface area contributed by atoms with Crippen LogP contribution in [0.2, 0.25) is 0 Å². The fourth-order valence-corrected chi connectivity index (χ4v) is 3.64. The third kappa shape index (κ3) is 4.60. The lowest BCUT2D eigenvalue weighted by atomic mass is 9.79. The van der Waals surface area contributed by atoms with Gasteiger partial charge in [0, 0.05) is 18.8 Å². The first kappa shape index (κ1) is 20.5. The predicted molar refractivity (Wildman–Crippen MR) is 104 cm³/mol. The molecule has 2 N–H and O–H groups in total. The van der Waals surface area contributed by atoms with Gasteiger partial charge in [0.1, 0.15) is 23.9 Å². The van der Waals surface area contributed by atoms with Crippen LogP contribution in [-0.4, -0.2) is 38.5 Å². The van der Waals surface area contributed by atoms with Gasteiger partial charge in [0.05, 0.1) is 24.9 Å². The molecule has 2 aromatic heterocycles. The quantitative estimate of drug-likeness (QED) is 0.782. The average molecular weight is 388 g/mol. The Balaban J connectivity index is 1.70. The second kappa shape index (κ2) is 8.86. The van der Waals surface area contributed by atoms with Crippen molar-refractivity contribution in [3.63, 3.8) is 0 Å². The standard InChI is InChI=1S/C21H28N2O5/c1-12(8-16-10-26-15(4)22-16)21-14(3)20(25)13(2)18(28-21)6-5-7-19-23-17(9-24)11-27-19/h5,7-8,10-11,13-14,18,20-21,24-25H,6,9H2,1-4H3/b7-5+,12-8+/t13-,14+,18+,20-,21-/m0/s1. The Morgan fingerprint density at radius 1 is 1.18 bits per heavy atom. The van der Waals surface area contributed by atoms with Crippen molar-refractivity contribution in [1.29, 1.82) is 0 Å². The summed E-state index contributed by atoms with van der Waals surface area (Å²) >= 11 is 0. The summed E-state index contributed by atoms with van der Waals surface area (Å²) in [5.74, 6) is 1.02. The highest BCUT2D eigenvalue weighted by Crippen LogP contribution is 2.35. The summed E-state index contributed by atoms with van der Waals surface area (Å²) in [6.45, 7) is 7.65. The molecule has 0 aliphatic carbocycles. The molecule has 0 amide bonds. The van der Waals surface area contributed by atoms with E-state index in [4.69, 9.17) is 18.7 Å². The summed E-state index contributed by atoms with van der Waals surface area (Å²) < 4.78 is 16.9. The Hall–Kier alpha value is -2.22. The number of aryl methyl sites for hydroxylation is 1. The number of hydrogen-bond donors (Lipinski definition) is 2. The third-order valence-electron chi connectivity index (χ3n) is 5.28. The maximum Gasteiger partial charge on any atom is 0.218 e. The molecule has 0 bridgehead atoms. The normalized spacial score (nSPS) is 28.9. The molecule has 7 heteroatoms. The van der Waals surface area contributed by atoms with Crippen molar-refractivity contribution in [2.24, 2.45) is 11.8 Å². The molecule has 1 fully saturated rings. The van der Waals surface area contributed by atoms with Crippen LogP contribution in [0, 0.1) is 18.8 Å².